The summed E-state index contributed by atoms with van der Waals surface area (Å²) in [6, 6.07) is 0. The molecule has 1 N–H and O–H groups in total. The van der Waals surface area contributed by atoms with Crippen molar-refractivity contribution in [1.82, 2.24) is 5.32 Å². The zero-order valence-corrected chi connectivity index (χ0v) is 9.23. The lowest BCUT2D eigenvalue weighted by molar-refractivity contribution is 0.0108. The molecule has 0 radical (unpaired) electrons. The maximum absolute atomic E-state index is 5.65. The number of nitrogens with one attached hydrogen (secondary N) is 1. The van der Waals surface area contributed by atoms with Crippen molar-refractivity contribution in [2.45, 2.75) is 58.1 Å². The van der Waals surface area contributed by atoms with Gasteiger partial charge in [-0.3, -0.25) is 0 Å². The molecule has 2 heteroatoms. The van der Waals surface area contributed by atoms with Crippen LogP contribution in [0.3, 0.4) is 0 Å². The Morgan fingerprint density at radius 2 is 2.08 bits per heavy atom. The first-order chi connectivity index (χ1) is 6.08. The smallest absolute Gasteiger partial charge is 0.0587 e. The molecule has 1 saturated heterocycles. The molecule has 0 aliphatic carbocycles. The van der Waals surface area contributed by atoms with Gasteiger partial charge in [0, 0.05) is 12.1 Å². The van der Waals surface area contributed by atoms with E-state index in [0.29, 0.717) is 6.10 Å². The van der Waals surface area contributed by atoms with Crippen LogP contribution in [0.2, 0.25) is 0 Å². The van der Waals surface area contributed by atoms with Crippen LogP contribution in [0, 0.1) is 0 Å². The monoisotopic (exact) mass is 185 g/mol. The van der Waals surface area contributed by atoms with Crippen molar-refractivity contribution in [2.24, 2.45) is 0 Å². The van der Waals surface area contributed by atoms with Crippen molar-refractivity contribution in [3.63, 3.8) is 0 Å². The van der Waals surface area contributed by atoms with E-state index in [-0.39, 0.29) is 5.54 Å². The van der Waals surface area contributed by atoms with Crippen molar-refractivity contribution >= 4 is 0 Å². The van der Waals surface area contributed by atoms with Crippen molar-refractivity contribution in [3.05, 3.63) is 0 Å². The zero-order chi connectivity index (χ0) is 9.73. The number of hydrogen-bond donors (Lipinski definition) is 1. The van der Waals surface area contributed by atoms with Gasteiger partial charge in [-0.2, -0.15) is 0 Å². The molecule has 0 saturated carbocycles. The molecule has 2 nitrogen and oxygen atoms in total. The summed E-state index contributed by atoms with van der Waals surface area (Å²) >= 11 is 0. The Morgan fingerprint density at radius 1 is 1.31 bits per heavy atom. The maximum atomic E-state index is 5.65. The Labute approximate surface area is 82.0 Å². The first-order valence-electron chi connectivity index (χ1n) is 5.44. The molecular weight excluding hydrogens is 162 g/mol. The van der Waals surface area contributed by atoms with Crippen LogP contribution in [-0.4, -0.2) is 24.8 Å². The van der Waals surface area contributed by atoms with Crippen molar-refractivity contribution < 1.29 is 4.74 Å². The molecule has 0 spiro atoms. The molecule has 78 valence electrons. The summed E-state index contributed by atoms with van der Waals surface area (Å²) in [6.45, 7) is 8.66. The second-order valence-electron chi connectivity index (χ2n) is 4.95. The topological polar surface area (TPSA) is 21.3 Å². The Kier molecular flexibility index (Phi) is 4.20. The highest BCUT2D eigenvalue weighted by Gasteiger charge is 2.14. The largest absolute Gasteiger partial charge is 0.378 e. The molecule has 1 heterocycles. The minimum Gasteiger partial charge on any atom is -0.378 e. The molecule has 1 aliphatic heterocycles. The summed E-state index contributed by atoms with van der Waals surface area (Å²) in [7, 11) is 0. The second kappa shape index (κ2) is 4.97. The minimum atomic E-state index is 0.245. The normalized spacial score (nSPS) is 24.7. The molecule has 0 aromatic rings. The average Bonchev–Trinajstić information content (AvgIpc) is 2.04. The first kappa shape index (κ1) is 11.0. The van der Waals surface area contributed by atoms with E-state index in [9.17, 15) is 0 Å². The SMILES string of the molecule is CC(C)(C)NCC[C@H]1CCCCO1. The van der Waals surface area contributed by atoms with Crippen LogP contribution in [0.4, 0.5) is 0 Å². The number of ether oxygens (including phenoxy) is 1. The van der Waals surface area contributed by atoms with Crippen LogP contribution in [0.5, 0.6) is 0 Å². The zero-order valence-electron chi connectivity index (χ0n) is 9.23. The highest BCUT2D eigenvalue weighted by atomic mass is 16.5. The standard InChI is InChI=1S/C11H23NO/c1-11(2,3)12-8-7-10-6-4-5-9-13-10/h10,12H,4-9H2,1-3H3/t10-/m1/s1. The predicted molar refractivity (Wildman–Crippen MR) is 56.0 cm³/mol. The first-order valence-corrected chi connectivity index (χ1v) is 5.44. The minimum absolute atomic E-state index is 0.245. The summed E-state index contributed by atoms with van der Waals surface area (Å²) < 4.78 is 5.65. The van der Waals surface area contributed by atoms with Gasteiger partial charge >= 0.3 is 0 Å². The van der Waals surface area contributed by atoms with Gasteiger partial charge in [-0.05, 0) is 53.0 Å². The van der Waals surface area contributed by atoms with Crippen LogP contribution in [-0.2, 0) is 4.74 Å². The van der Waals surface area contributed by atoms with E-state index >= 15 is 0 Å². The Balaban J connectivity index is 2.04. The molecule has 0 aromatic heterocycles. The van der Waals surface area contributed by atoms with E-state index in [0.717, 1.165) is 19.6 Å². The van der Waals surface area contributed by atoms with Gasteiger partial charge in [-0.1, -0.05) is 0 Å². The summed E-state index contributed by atoms with van der Waals surface area (Å²) in [5.41, 5.74) is 0.245. The fraction of sp³-hybridized carbons (Fsp3) is 1.00. The quantitative estimate of drug-likeness (QED) is 0.728. The summed E-state index contributed by atoms with van der Waals surface area (Å²) in [5, 5.41) is 3.49. The molecule has 1 atom stereocenters. The fourth-order valence-corrected chi connectivity index (χ4v) is 1.64. The molecule has 0 aromatic carbocycles. The molecule has 1 rings (SSSR count). The van der Waals surface area contributed by atoms with E-state index in [4.69, 9.17) is 4.74 Å². The third kappa shape index (κ3) is 5.27. The van der Waals surface area contributed by atoms with E-state index in [1.54, 1.807) is 0 Å². The van der Waals surface area contributed by atoms with Gasteiger partial charge in [0.1, 0.15) is 0 Å². The van der Waals surface area contributed by atoms with Crippen molar-refractivity contribution in [3.8, 4) is 0 Å². The lowest BCUT2D eigenvalue weighted by Gasteiger charge is -2.25. The third-order valence-electron chi connectivity index (χ3n) is 2.40. The fourth-order valence-electron chi connectivity index (χ4n) is 1.64. The lowest BCUT2D eigenvalue weighted by atomic mass is 10.0. The Bertz CT molecular complexity index is 134. The van der Waals surface area contributed by atoms with Crippen LogP contribution < -0.4 is 5.32 Å². The van der Waals surface area contributed by atoms with E-state index in [1.807, 2.05) is 0 Å². The van der Waals surface area contributed by atoms with Crippen LogP contribution >= 0.6 is 0 Å². The number of rotatable bonds is 3. The summed E-state index contributed by atoms with van der Waals surface area (Å²) in [5.74, 6) is 0. The Hall–Kier alpha value is -0.0800. The predicted octanol–water partition coefficient (Wildman–Crippen LogP) is 2.33. The van der Waals surface area contributed by atoms with E-state index in [1.165, 1.54) is 19.3 Å². The summed E-state index contributed by atoms with van der Waals surface area (Å²) in [4.78, 5) is 0. The van der Waals surface area contributed by atoms with Crippen molar-refractivity contribution in [1.29, 1.82) is 0 Å². The lowest BCUT2D eigenvalue weighted by Crippen LogP contribution is -2.38. The number of hydrogen-bond acceptors (Lipinski definition) is 2. The van der Waals surface area contributed by atoms with Crippen LogP contribution in [0.15, 0.2) is 0 Å². The molecule has 0 bridgehead atoms. The third-order valence-corrected chi connectivity index (χ3v) is 2.40. The van der Waals surface area contributed by atoms with Gasteiger partial charge in [0.2, 0.25) is 0 Å². The van der Waals surface area contributed by atoms with Crippen molar-refractivity contribution in [2.75, 3.05) is 13.2 Å². The molecule has 1 fully saturated rings. The van der Waals surface area contributed by atoms with Gasteiger partial charge in [-0.15, -0.1) is 0 Å². The van der Waals surface area contributed by atoms with Gasteiger partial charge in [0.25, 0.3) is 0 Å². The highest BCUT2D eigenvalue weighted by molar-refractivity contribution is 4.72. The summed E-state index contributed by atoms with van der Waals surface area (Å²) in [6.07, 6.45) is 5.54. The van der Waals surface area contributed by atoms with Gasteiger partial charge in [-0.25, -0.2) is 0 Å². The maximum Gasteiger partial charge on any atom is 0.0587 e. The van der Waals surface area contributed by atoms with Gasteiger partial charge < -0.3 is 10.1 Å². The van der Waals surface area contributed by atoms with Crippen LogP contribution in [0.25, 0.3) is 0 Å². The van der Waals surface area contributed by atoms with Gasteiger partial charge in [0.05, 0.1) is 6.10 Å². The second-order valence-corrected chi connectivity index (χ2v) is 4.95. The molecule has 13 heavy (non-hydrogen) atoms. The molecule has 0 unspecified atom stereocenters. The van der Waals surface area contributed by atoms with E-state index in [2.05, 4.69) is 26.1 Å². The van der Waals surface area contributed by atoms with Crippen LogP contribution in [0.1, 0.15) is 46.5 Å². The Morgan fingerprint density at radius 3 is 2.62 bits per heavy atom. The molecular formula is C11H23NO. The van der Waals surface area contributed by atoms with Gasteiger partial charge in [0.15, 0.2) is 0 Å². The highest BCUT2D eigenvalue weighted by Crippen LogP contribution is 2.15. The van der Waals surface area contributed by atoms with E-state index < -0.39 is 0 Å². The molecule has 0 amide bonds. The molecule has 1 aliphatic rings. The average molecular weight is 185 g/mol.